The Kier molecular flexibility index (Phi) is 8.32. The van der Waals surface area contributed by atoms with Crippen LogP contribution in [0.4, 0.5) is 4.79 Å². The van der Waals surface area contributed by atoms with Crippen molar-refractivity contribution in [2.45, 2.75) is 113 Å². The maximum atomic E-state index is 13.6. The average molecular weight is 569 g/mol. The first kappa shape index (κ1) is 29.3. The van der Waals surface area contributed by atoms with E-state index in [2.05, 4.69) is 15.4 Å². The van der Waals surface area contributed by atoms with Crippen LogP contribution in [0.5, 0.6) is 0 Å². The number of amides is 4. The second-order valence-electron chi connectivity index (χ2n) is 12.1. The summed E-state index contributed by atoms with van der Waals surface area (Å²) in [6, 6.07) is -2.05. The quantitative estimate of drug-likeness (QED) is 0.362. The van der Waals surface area contributed by atoms with E-state index in [4.69, 9.17) is 4.74 Å². The zero-order chi connectivity index (χ0) is 28.6. The van der Waals surface area contributed by atoms with E-state index in [0.717, 1.165) is 12.8 Å². The number of ether oxygens (including phenoxy) is 1. The van der Waals surface area contributed by atoms with Gasteiger partial charge in [0.2, 0.25) is 21.8 Å². The predicted octanol–water partition coefficient (Wildman–Crippen LogP) is 0.845. The van der Waals surface area contributed by atoms with Gasteiger partial charge in [-0.25, -0.2) is 13.2 Å². The van der Waals surface area contributed by atoms with Gasteiger partial charge < -0.3 is 25.4 Å². The fourth-order valence-electron chi connectivity index (χ4n) is 5.23. The van der Waals surface area contributed by atoms with Crippen LogP contribution in [0.3, 0.4) is 0 Å². The van der Waals surface area contributed by atoms with Gasteiger partial charge in [0, 0.05) is 18.9 Å². The van der Waals surface area contributed by atoms with Crippen LogP contribution in [-0.4, -0.2) is 83.4 Å². The van der Waals surface area contributed by atoms with Crippen LogP contribution in [-0.2, 0) is 29.1 Å². The number of hydrogen-bond donors (Lipinski definition) is 4. The molecule has 12 nitrogen and oxygen atoms in total. The summed E-state index contributed by atoms with van der Waals surface area (Å²) < 4.78 is 32.4. The molecule has 0 spiro atoms. The van der Waals surface area contributed by atoms with Crippen molar-refractivity contribution in [2.24, 2.45) is 5.92 Å². The molecule has 0 radical (unpaired) electrons. The maximum Gasteiger partial charge on any atom is 0.408 e. The summed E-state index contributed by atoms with van der Waals surface area (Å²) in [4.78, 5) is 54.1. The topological polar surface area (TPSA) is 171 Å². The van der Waals surface area contributed by atoms with E-state index in [1.165, 1.54) is 4.90 Å². The molecule has 4 amide bonds. The summed E-state index contributed by atoms with van der Waals surface area (Å²) in [6.07, 6.45) is 6.46. The van der Waals surface area contributed by atoms with Gasteiger partial charge in [-0.15, -0.1) is 0 Å². The molecule has 0 aromatic heterocycles. The van der Waals surface area contributed by atoms with Crippen LogP contribution in [0.15, 0.2) is 12.2 Å². The fraction of sp³-hybridized carbons (Fsp3) is 0.769. The normalized spacial score (nSPS) is 32.2. The number of nitrogens with one attached hydrogen (secondary N) is 3. The minimum absolute atomic E-state index is 0.0463. The molecule has 4 rings (SSSR count). The van der Waals surface area contributed by atoms with Crippen molar-refractivity contribution in [3.05, 3.63) is 12.2 Å². The lowest BCUT2D eigenvalue weighted by Gasteiger charge is -2.30. The highest BCUT2D eigenvalue weighted by atomic mass is 32.2. The Morgan fingerprint density at radius 2 is 1.87 bits per heavy atom. The van der Waals surface area contributed by atoms with E-state index in [1.54, 1.807) is 20.8 Å². The largest absolute Gasteiger partial charge is 0.444 e. The summed E-state index contributed by atoms with van der Waals surface area (Å²) >= 11 is 0. The van der Waals surface area contributed by atoms with E-state index >= 15 is 0 Å². The van der Waals surface area contributed by atoms with Crippen molar-refractivity contribution in [2.75, 3.05) is 6.54 Å². The third-order valence-corrected chi connectivity index (χ3v) is 9.37. The molecule has 0 aromatic carbocycles. The van der Waals surface area contributed by atoms with E-state index in [9.17, 15) is 32.7 Å². The van der Waals surface area contributed by atoms with Crippen LogP contribution in [0.25, 0.3) is 0 Å². The number of aliphatic hydroxyl groups is 1. The molecule has 2 unspecified atom stereocenters. The summed E-state index contributed by atoms with van der Waals surface area (Å²) in [5.74, 6) is -2.35. The number of nitrogens with zero attached hydrogens (tertiary/aromatic N) is 1. The van der Waals surface area contributed by atoms with Gasteiger partial charge in [0.1, 0.15) is 23.2 Å². The number of allylic oxidation sites excluding steroid dienone is 1. The average Bonchev–Trinajstić information content (AvgIpc) is 3.73. The van der Waals surface area contributed by atoms with Crippen molar-refractivity contribution >= 4 is 33.8 Å². The SMILES string of the molecule is CC(C)(C)OC(=O)NC1CCCCCC=C[C@@H]2C[C@@]2(C(=O)NS(=O)(=O)C2CC2)NC(=O)[C@H]2CC(O)CN2C1=O. The molecule has 4 aliphatic rings. The summed E-state index contributed by atoms with van der Waals surface area (Å²) in [6.45, 7) is 5.02. The van der Waals surface area contributed by atoms with Crippen LogP contribution in [0.1, 0.15) is 78.6 Å². The Bertz CT molecular complexity index is 1130. The molecular formula is C26H40N4O8S. The molecule has 218 valence electrons. The van der Waals surface area contributed by atoms with E-state index in [1.807, 2.05) is 12.2 Å². The second kappa shape index (κ2) is 11.1. The van der Waals surface area contributed by atoms with E-state index < -0.39 is 74.3 Å². The van der Waals surface area contributed by atoms with Crippen LogP contribution >= 0.6 is 0 Å². The number of aliphatic hydroxyl groups excluding tert-OH is 1. The minimum atomic E-state index is -3.83. The third-order valence-electron chi connectivity index (χ3n) is 7.55. The van der Waals surface area contributed by atoms with Crippen molar-refractivity contribution in [1.29, 1.82) is 0 Å². The monoisotopic (exact) mass is 568 g/mol. The van der Waals surface area contributed by atoms with Gasteiger partial charge in [0.05, 0.1) is 11.4 Å². The number of hydrogen-bond acceptors (Lipinski definition) is 8. The molecule has 1 saturated heterocycles. The first-order chi connectivity index (χ1) is 18.2. The minimum Gasteiger partial charge on any atom is -0.444 e. The lowest BCUT2D eigenvalue weighted by molar-refractivity contribution is -0.141. The molecule has 5 atom stereocenters. The van der Waals surface area contributed by atoms with E-state index in [0.29, 0.717) is 32.1 Å². The molecule has 13 heteroatoms. The van der Waals surface area contributed by atoms with Gasteiger partial charge in [0.25, 0.3) is 5.91 Å². The fourth-order valence-corrected chi connectivity index (χ4v) is 6.59. The summed E-state index contributed by atoms with van der Waals surface area (Å²) in [5, 5.41) is 15.2. The molecule has 2 saturated carbocycles. The first-order valence-electron chi connectivity index (χ1n) is 13.7. The van der Waals surface area contributed by atoms with Gasteiger partial charge in [-0.3, -0.25) is 19.1 Å². The highest BCUT2D eigenvalue weighted by molar-refractivity contribution is 7.91. The van der Waals surface area contributed by atoms with Crippen LogP contribution in [0.2, 0.25) is 0 Å². The lowest BCUT2D eigenvalue weighted by Crippen LogP contribution is -2.58. The lowest BCUT2D eigenvalue weighted by atomic mass is 10.0. The van der Waals surface area contributed by atoms with Crippen molar-refractivity contribution in [3.8, 4) is 0 Å². The Hall–Kier alpha value is -2.67. The Balaban J connectivity index is 1.57. The van der Waals surface area contributed by atoms with Gasteiger partial charge in [-0.1, -0.05) is 25.0 Å². The highest BCUT2D eigenvalue weighted by Crippen LogP contribution is 2.46. The van der Waals surface area contributed by atoms with E-state index in [-0.39, 0.29) is 19.4 Å². The van der Waals surface area contributed by atoms with Gasteiger partial charge >= 0.3 is 6.09 Å². The molecule has 2 heterocycles. The molecule has 0 aromatic rings. The summed E-state index contributed by atoms with van der Waals surface area (Å²) in [5.41, 5.74) is -2.22. The van der Waals surface area contributed by atoms with Gasteiger partial charge in [-0.05, 0) is 59.3 Å². The van der Waals surface area contributed by atoms with Crippen LogP contribution in [0, 0.1) is 5.92 Å². The standard InChI is InChI=1S/C26H40N4O8S/c1-25(2,3)38-24(35)27-19-10-8-6-4-5-7-9-16-14-26(16,23(34)29-39(36,37)18-11-12-18)28-21(32)20-13-17(31)15-30(20)22(19)33/h7,9,16-20,31H,4-6,8,10-15H2,1-3H3,(H,27,35)(H,28,32)(H,29,34)/t16-,17?,19?,20-,26-/m1/s1. The number of sulfonamides is 1. The molecule has 2 aliphatic heterocycles. The zero-order valence-corrected chi connectivity index (χ0v) is 23.6. The second-order valence-corrected chi connectivity index (χ2v) is 14.1. The van der Waals surface area contributed by atoms with Gasteiger partial charge in [0.15, 0.2) is 0 Å². The number of alkyl carbamates (subject to hydrolysis) is 1. The maximum absolute atomic E-state index is 13.6. The Labute approximate surface area is 229 Å². The first-order valence-corrected chi connectivity index (χ1v) is 15.3. The van der Waals surface area contributed by atoms with Crippen LogP contribution < -0.4 is 15.4 Å². The van der Waals surface area contributed by atoms with Crippen molar-refractivity contribution in [3.63, 3.8) is 0 Å². The highest BCUT2D eigenvalue weighted by Gasteiger charge is 2.62. The molecule has 0 bridgehead atoms. The molecule has 3 fully saturated rings. The Morgan fingerprint density at radius 3 is 2.54 bits per heavy atom. The Morgan fingerprint density at radius 1 is 1.15 bits per heavy atom. The number of carbonyl (C=O) groups excluding carboxylic acids is 4. The number of carbonyl (C=O) groups is 4. The number of fused-ring (bicyclic) bond motifs is 2. The molecule has 4 N–H and O–H groups in total. The number of rotatable bonds is 4. The molecular weight excluding hydrogens is 528 g/mol. The van der Waals surface area contributed by atoms with Gasteiger partial charge in [-0.2, -0.15) is 0 Å². The van der Waals surface area contributed by atoms with Crippen molar-refractivity contribution < 1.29 is 37.4 Å². The zero-order valence-electron chi connectivity index (χ0n) is 22.8. The smallest absolute Gasteiger partial charge is 0.408 e. The molecule has 39 heavy (non-hydrogen) atoms. The summed E-state index contributed by atoms with van der Waals surface area (Å²) in [7, 11) is -3.83. The third kappa shape index (κ3) is 7.10. The molecule has 2 aliphatic carbocycles. The predicted molar refractivity (Wildman–Crippen MR) is 141 cm³/mol. The van der Waals surface area contributed by atoms with Crippen molar-refractivity contribution in [1.82, 2.24) is 20.3 Å².